The van der Waals surface area contributed by atoms with Crippen molar-refractivity contribution in [1.82, 2.24) is 4.90 Å². The smallest absolute Gasteiger partial charge is 0.122 e. The Bertz CT molecular complexity index is 388. The van der Waals surface area contributed by atoms with Gasteiger partial charge in [0.05, 0.1) is 13.2 Å². The van der Waals surface area contributed by atoms with E-state index in [1.165, 1.54) is 0 Å². The molecule has 0 fully saturated rings. The number of amidine groups is 1. The van der Waals surface area contributed by atoms with Crippen LogP contribution in [0.25, 0.3) is 0 Å². The van der Waals surface area contributed by atoms with Crippen LogP contribution in [0, 0.1) is 5.41 Å². The molecule has 0 radical (unpaired) electrons. The van der Waals surface area contributed by atoms with E-state index in [-0.39, 0.29) is 5.84 Å². The average molecular weight is 265 g/mol. The number of nitrogens with zero attached hydrogens (tertiary/aromatic N) is 1. The third kappa shape index (κ3) is 5.83. The summed E-state index contributed by atoms with van der Waals surface area (Å²) in [6, 6.07) is 7.77. The molecule has 3 N–H and O–H groups in total. The van der Waals surface area contributed by atoms with Crippen molar-refractivity contribution < 1.29 is 9.47 Å². The Balaban J connectivity index is 2.65. The fraction of sp³-hybridized carbons (Fsp3) is 0.500. The lowest BCUT2D eigenvalue weighted by Gasteiger charge is -2.21. The van der Waals surface area contributed by atoms with Gasteiger partial charge in [-0.3, -0.25) is 10.3 Å². The van der Waals surface area contributed by atoms with Crippen LogP contribution in [-0.2, 0) is 16.0 Å². The highest BCUT2D eigenvalue weighted by molar-refractivity contribution is 5.95. The van der Waals surface area contributed by atoms with Gasteiger partial charge in [-0.2, -0.15) is 0 Å². The van der Waals surface area contributed by atoms with Gasteiger partial charge in [0, 0.05) is 39.4 Å². The van der Waals surface area contributed by atoms with Gasteiger partial charge in [0.2, 0.25) is 0 Å². The molecule has 0 spiro atoms. The monoisotopic (exact) mass is 265 g/mol. The Labute approximate surface area is 114 Å². The van der Waals surface area contributed by atoms with E-state index in [9.17, 15) is 0 Å². The van der Waals surface area contributed by atoms with Crippen LogP contribution in [0.4, 0.5) is 0 Å². The van der Waals surface area contributed by atoms with Crippen molar-refractivity contribution in [1.29, 1.82) is 5.41 Å². The second-order valence-electron chi connectivity index (χ2n) is 4.38. The summed E-state index contributed by atoms with van der Waals surface area (Å²) in [4.78, 5) is 2.26. The number of hydrogen-bond donors (Lipinski definition) is 2. The zero-order chi connectivity index (χ0) is 14.1. The van der Waals surface area contributed by atoms with Gasteiger partial charge in [-0.25, -0.2) is 0 Å². The molecule has 0 aromatic heterocycles. The number of rotatable bonds is 9. The second-order valence-corrected chi connectivity index (χ2v) is 4.38. The summed E-state index contributed by atoms with van der Waals surface area (Å²) in [5.74, 6) is 0.0992. The van der Waals surface area contributed by atoms with E-state index in [4.69, 9.17) is 20.6 Å². The van der Waals surface area contributed by atoms with E-state index in [1.807, 2.05) is 24.3 Å². The largest absolute Gasteiger partial charge is 0.384 e. The number of nitrogens with one attached hydrogen (secondary N) is 1. The lowest BCUT2D eigenvalue weighted by Crippen LogP contribution is -2.30. The number of benzene rings is 1. The molecule has 0 atom stereocenters. The van der Waals surface area contributed by atoms with Gasteiger partial charge in [-0.05, 0) is 11.6 Å². The predicted molar refractivity (Wildman–Crippen MR) is 76.5 cm³/mol. The topological polar surface area (TPSA) is 71.6 Å². The number of ether oxygens (including phenoxy) is 2. The highest BCUT2D eigenvalue weighted by atomic mass is 16.5. The summed E-state index contributed by atoms with van der Waals surface area (Å²) < 4.78 is 10.2. The van der Waals surface area contributed by atoms with Crippen molar-refractivity contribution in [2.24, 2.45) is 5.73 Å². The summed E-state index contributed by atoms with van der Waals surface area (Å²) in [7, 11) is 3.40. The fourth-order valence-corrected chi connectivity index (χ4v) is 1.81. The standard InChI is InChI=1S/C14H23N3O2/c1-18-8-6-17(7-9-19-2)11-12-4-3-5-13(10-12)14(15)16/h3-5,10H,6-9,11H2,1-2H3,(H3,15,16). The van der Waals surface area contributed by atoms with Gasteiger partial charge >= 0.3 is 0 Å². The average Bonchev–Trinajstić information content (AvgIpc) is 2.42. The maximum absolute atomic E-state index is 7.46. The minimum Gasteiger partial charge on any atom is -0.384 e. The van der Waals surface area contributed by atoms with E-state index in [2.05, 4.69) is 4.90 Å². The van der Waals surface area contributed by atoms with Crippen LogP contribution >= 0.6 is 0 Å². The Morgan fingerprint density at radius 1 is 1.21 bits per heavy atom. The van der Waals surface area contributed by atoms with Gasteiger partial charge in [0.1, 0.15) is 5.84 Å². The SMILES string of the molecule is COCCN(CCOC)Cc1cccc(C(=N)N)c1. The molecule has 0 heterocycles. The van der Waals surface area contributed by atoms with Crippen LogP contribution in [0.5, 0.6) is 0 Å². The summed E-state index contributed by atoms with van der Waals surface area (Å²) in [6.07, 6.45) is 0. The molecule has 5 nitrogen and oxygen atoms in total. The minimum atomic E-state index is 0.0992. The van der Waals surface area contributed by atoms with Gasteiger partial charge < -0.3 is 15.2 Å². The number of nitrogen functional groups attached to an aromatic ring is 1. The number of nitrogens with two attached hydrogens (primary N) is 1. The van der Waals surface area contributed by atoms with Crippen LogP contribution < -0.4 is 5.73 Å². The van der Waals surface area contributed by atoms with E-state index in [1.54, 1.807) is 14.2 Å². The molecular formula is C14H23N3O2. The Kier molecular flexibility index (Phi) is 7.10. The van der Waals surface area contributed by atoms with Gasteiger partial charge in [0.25, 0.3) is 0 Å². The molecule has 1 aromatic carbocycles. The molecule has 0 amide bonds. The molecular weight excluding hydrogens is 242 g/mol. The zero-order valence-electron chi connectivity index (χ0n) is 11.7. The molecule has 0 bridgehead atoms. The summed E-state index contributed by atoms with van der Waals surface area (Å²) >= 11 is 0. The van der Waals surface area contributed by atoms with Crippen molar-refractivity contribution in [3.63, 3.8) is 0 Å². The molecule has 1 rings (SSSR count). The number of methoxy groups -OCH3 is 2. The first-order valence-corrected chi connectivity index (χ1v) is 6.31. The van der Waals surface area contributed by atoms with Crippen LogP contribution in [0.3, 0.4) is 0 Å². The lowest BCUT2D eigenvalue weighted by molar-refractivity contribution is 0.110. The minimum absolute atomic E-state index is 0.0992. The summed E-state index contributed by atoms with van der Waals surface area (Å²) in [5.41, 5.74) is 7.40. The van der Waals surface area contributed by atoms with E-state index in [0.29, 0.717) is 13.2 Å². The van der Waals surface area contributed by atoms with Gasteiger partial charge in [-0.1, -0.05) is 18.2 Å². The Morgan fingerprint density at radius 3 is 2.37 bits per heavy atom. The molecule has 0 saturated carbocycles. The molecule has 1 aromatic rings. The maximum Gasteiger partial charge on any atom is 0.122 e. The van der Waals surface area contributed by atoms with E-state index >= 15 is 0 Å². The van der Waals surface area contributed by atoms with Crippen molar-refractivity contribution in [2.75, 3.05) is 40.5 Å². The van der Waals surface area contributed by atoms with Gasteiger partial charge in [-0.15, -0.1) is 0 Å². The van der Waals surface area contributed by atoms with Crippen LogP contribution in [0.1, 0.15) is 11.1 Å². The highest BCUT2D eigenvalue weighted by Gasteiger charge is 2.07. The Hall–Kier alpha value is -1.43. The van der Waals surface area contributed by atoms with Crippen molar-refractivity contribution in [3.8, 4) is 0 Å². The van der Waals surface area contributed by atoms with E-state index in [0.717, 1.165) is 30.8 Å². The van der Waals surface area contributed by atoms with Crippen LogP contribution in [-0.4, -0.2) is 51.3 Å². The highest BCUT2D eigenvalue weighted by Crippen LogP contribution is 2.08. The molecule has 0 aliphatic carbocycles. The quantitative estimate of drug-likeness (QED) is 0.517. The maximum atomic E-state index is 7.46. The molecule has 19 heavy (non-hydrogen) atoms. The van der Waals surface area contributed by atoms with Crippen molar-refractivity contribution in [3.05, 3.63) is 35.4 Å². The van der Waals surface area contributed by atoms with E-state index < -0.39 is 0 Å². The predicted octanol–water partition coefficient (Wildman–Crippen LogP) is 1.07. The second kappa shape index (κ2) is 8.63. The Morgan fingerprint density at radius 2 is 1.84 bits per heavy atom. The van der Waals surface area contributed by atoms with Crippen molar-refractivity contribution in [2.45, 2.75) is 6.54 Å². The normalized spacial score (nSPS) is 10.9. The molecule has 0 unspecified atom stereocenters. The van der Waals surface area contributed by atoms with Crippen LogP contribution in [0.2, 0.25) is 0 Å². The third-order valence-corrected chi connectivity index (χ3v) is 2.87. The first-order valence-electron chi connectivity index (χ1n) is 6.31. The zero-order valence-corrected chi connectivity index (χ0v) is 11.7. The summed E-state index contributed by atoms with van der Waals surface area (Å²) in [6.45, 7) is 3.88. The summed E-state index contributed by atoms with van der Waals surface area (Å²) in [5, 5.41) is 7.46. The molecule has 0 aliphatic rings. The van der Waals surface area contributed by atoms with Gasteiger partial charge in [0.15, 0.2) is 0 Å². The lowest BCUT2D eigenvalue weighted by atomic mass is 10.1. The third-order valence-electron chi connectivity index (χ3n) is 2.87. The molecule has 0 aliphatic heterocycles. The van der Waals surface area contributed by atoms with Crippen LogP contribution in [0.15, 0.2) is 24.3 Å². The molecule has 5 heteroatoms. The molecule has 106 valence electrons. The molecule has 0 saturated heterocycles. The number of hydrogen-bond acceptors (Lipinski definition) is 4. The first-order chi connectivity index (χ1) is 9.17. The fourth-order valence-electron chi connectivity index (χ4n) is 1.81. The first kappa shape index (κ1) is 15.6. The van der Waals surface area contributed by atoms with Crippen molar-refractivity contribution >= 4 is 5.84 Å².